The molecule has 0 atom stereocenters. The number of Topliss-reactive ketones (excluding diaryl/α,β-unsaturated/α-hetero) is 2. The Hall–Kier alpha value is -0.920. The van der Waals surface area contributed by atoms with Crippen LogP contribution in [0, 0.1) is 0 Å². The molecule has 0 aromatic heterocycles. The zero-order chi connectivity index (χ0) is 9.72. The molecule has 0 rings (SSSR count). The van der Waals surface area contributed by atoms with Gasteiger partial charge in [-0.05, 0) is 25.0 Å². The molecule has 0 aliphatic carbocycles. The first-order valence-electron chi connectivity index (χ1n) is 4.28. The van der Waals surface area contributed by atoms with Gasteiger partial charge in [-0.1, -0.05) is 13.8 Å². The highest BCUT2D eigenvalue weighted by molar-refractivity contribution is 6.05. The monoisotopic (exact) mass is 168 g/mol. The molecule has 0 fully saturated rings. The number of carbonyl (C=O) groups is 2. The van der Waals surface area contributed by atoms with E-state index in [1.54, 1.807) is 27.7 Å². The van der Waals surface area contributed by atoms with E-state index in [-0.39, 0.29) is 11.6 Å². The summed E-state index contributed by atoms with van der Waals surface area (Å²) in [7, 11) is 0. The molecule has 0 unspecified atom stereocenters. The second-order valence-electron chi connectivity index (χ2n) is 2.80. The Morgan fingerprint density at radius 3 is 1.25 bits per heavy atom. The number of carbonyl (C=O) groups excluding carboxylic acids is 2. The first-order chi connectivity index (χ1) is 5.54. The average Bonchev–Trinajstić information content (AvgIpc) is 2.12. The van der Waals surface area contributed by atoms with Crippen LogP contribution in [0.15, 0.2) is 11.1 Å². The summed E-state index contributed by atoms with van der Waals surface area (Å²) < 4.78 is 0. The predicted molar refractivity (Wildman–Crippen MR) is 49.0 cm³/mol. The Balaban J connectivity index is 4.68. The number of hydrogen-bond acceptors (Lipinski definition) is 2. The van der Waals surface area contributed by atoms with Crippen molar-refractivity contribution in [1.29, 1.82) is 0 Å². The van der Waals surface area contributed by atoms with E-state index in [0.717, 1.165) is 0 Å². The van der Waals surface area contributed by atoms with E-state index < -0.39 is 0 Å². The summed E-state index contributed by atoms with van der Waals surface area (Å²) in [4.78, 5) is 22.3. The third-order valence-electron chi connectivity index (χ3n) is 2.04. The molecule has 0 aliphatic heterocycles. The molecule has 0 amide bonds. The lowest BCUT2D eigenvalue weighted by molar-refractivity contribution is -0.117. The lowest BCUT2D eigenvalue weighted by Gasteiger charge is -2.02. The van der Waals surface area contributed by atoms with E-state index in [9.17, 15) is 9.59 Å². The molecule has 0 radical (unpaired) electrons. The fourth-order valence-electron chi connectivity index (χ4n) is 0.949. The Bertz CT molecular complexity index is 200. The molecular weight excluding hydrogens is 152 g/mol. The predicted octanol–water partition coefficient (Wildman–Crippen LogP) is 2.28. The van der Waals surface area contributed by atoms with Crippen LogP contribution in [0.25, 0.3) is 0 Å². The van der Waals surface area contributed by atoms with Gasteiger partial charge in [-0.25, -0.2) is 0 Å². The second-order valence-corrected chi connectivity index (χ2v) is 2.80. The van der Waals surface area contributed by atoms with E-state index in [1.165, 1.54) is 0 Å². The lowest BCUT2D eigenvalue weighted by Crippen LogP contribution is -2.06. The third-order valence-corrected chi connectivity index (χ3v) is 2.04. The summed E-state index contributed by atoms with van der Waals surface area (Å²) in [6, 6.07) is 0. The molecule has 0 spiro atoms. The minimum Gasteiger partial charge on any atom is -0.295 e. The van der Waals surface area contributed by atoms with E-state index in [0.29, 0.717) is 24.0 Å². The van der Waals surface area contributed by atoms with Gasteiger partial charge >= 0.3 is 0 Å². The average molecular weight is 168 g/mol. The maximum atomic E-state index is 11.2. The van der Waals surface area contributed by atoms with Gasteiger partial charge in [0.2, 0.25) is 0 Å². The van der Waals surface area contributed by atoms with Crippen LogP contribution in [0.2, 0.25) is 0 Å². The van der Waals surface area contributed by atoms with Crippen LogP contribution in [-0.2, 0) is 9.59 Å². The normalized spacial score (nSPS) is 12.3. The van der Waals surface area contributed by atoms with Crippen LogP contribution in [0.1, 0.15) is 40.5 Å². The van der Waals surface area contributed by atoms with E-state index in [2.05, 4.69) is 0 Å². The van der Waals surface area contributed by atoms with Crippen molar-refractivity contribution in [1.82, 2.24) is 0 Å². The van der Waals surface area contributed by atoms with Crippen molar-refractivity contribution in [3.05, 3.63) is 11.1 Å². The van der Waals surface area contributed by atoms with Crippen molar-refractivity contribution >= 4 is 11.6 Å². The summed E-state index contributed by atoms with van der Waals surface area (Å²) in [6.45, 7) is 7.04. The van der Waals surface area contributed by atoms with E-state index in [4.69, 9.17) is 0 Å². The zero-order valence-electron chi connectivity index (χ0n) is 8.23. The van der Waals surface area contributed by atoms with Crippen LogP contribution in [0.4, 0.5) is 0 Å². The van der Waals surface area contributed by atoms with Gasteiger partial charge in [0.1, 0.15) is 0 Å². The second kappa shape index (κ2) is 4.86. The zero-order valence-corrected chi connectivity index (χ0v) is 8.23. The topological polar surface area (TPSA) is 34.1 Å². The molecule has 0 aromatic carbocycles. The van der Waals surface area contributed by atoms with Crippen LogP contribution in [0.3, 0.4) is 0 Å². The minimum atomic E-state index is 0.0642. The van der Waals surface area contributed by atoms with Gasteiger partial charge < -0.3 is 0 Å². The van der Waals surface area contributed by atoms with Crippen molar-refractivity contribution in [3.8, 4) is 0 Å². The highest BCUT2D eigenvalue weighted by atomic mass is 16.1. The van der Waals surface area contributed by atoms with Crippen molar-refractivity contribution in [2.24, 2.45) is 0 Å². The first-order valence-corrected chi connectivity index (χ1v) is 4.28. The van der Waals surface area contributed by atoms with Crippen molar-refractivity contribution in [3.63, 3.8) is 0 Å². The van der Waals surface area contributed by atoms with Crippen molar-refractivity contribution < 1.29 is 9.59 Å². The summed E-state index contributed by atoms with van der Waals surface area (Å²) in [5, 5.41) is 0. The van der Waals surface area contributed by atoms with E-state index >= 15 is 0 Å². The lowest BCUT2D eigenvalue weighted by atomic mass is 10.0. The molecule has 0 saturated carbocycles. The molecule has 0 bridgehead atoms. The molecule has 2 heteroatoms. The third kappa shape index (κ3) is 2.61. The van der Waals surface area contributed by atoms with Gasteiger partial charge in [0.15, 0.2) is 11.6 Å². The number of ketones is 2. The summed E-state index contributed by atoms with van der Waals surface area (Å²) in [6.07, 6.45) is 0.945. The van der Waals surface area contributed by atoms with Crippen LogP contribution >= 0.6 is 0 Å². The fourth-order valence-corrected chi connectivity index (χ4v) is 0.949. The van der Waals surface area contributed by atoms with Gasteiger partial charge in [-0.15, -0.1) is 0 Å². The maximum absolute atomic E-state index is 11.2. The highest BCUT2D eigenvalue weighted by Crippen LogP contribution is 2.09. The maximum Gasteiger partial charge on any atom is 0.158 e. The van der Waals surface area contributed by atoms with Gasteiger partial charge in [0.25, 0.3) is 0 Å². The SMILES string of the molecule is CCC(=O)/C(C)=C(/C)C(=O)CC. The number of allylic oxidation sites excluding steroid dienone is 2. The fraction of sp³-hybridized carbons (Fsp3) is 0.600. The van der Waals surface area contributed by atoms with Gasteiger partial charge in [0.05, 0.1) is 0 Å². The first kappa shape index (κ1) is 11.1. The molecule has 68 valence electrons. The highest BCUT2D eigenvalue weighted by Gasteiger charge is 2.09. The van der Waals surface area contributed by atoms with Crippen LogP contribution in [0.5, 0.6) is 0 Å². The Morgan fingerprint density at radius 1 is 0.833 bits per heavy atom. The number of hydrogen-bond donors (Lipinski definition) is 0. The molecule has 0 N–H and O–H groups in total. The molecule has 0 aromatic rings. The minimum absolute atomic E-state index is 0.0642. The summed E-state index contributed by atoms with van der Waals surface area (Å²) in [5.41, 5.74) is 1.23. The van der Waals surface area contributed by atoms with E-state index in [1.807, 2.05) is 0 Å². The smallest absolute Gasteiger partial charge is 0.158 e. The number of rotatable bonds is 4. The van der Waals surface area contributed by atoms with Crippen molar-refractivity contribution in [2.75, 3.05) is 0 Å². The Labute approximate surface area is 73.7 Å². The quantitative estimate of drug-likeness (QED) is 0.603. The standard InChI is InChI=1S/C10H16O2/c1-5-9(11)7(3)8(4)10(12)6-2/h5-6H2,1-4H3/b8-7-. The van der Waals surface area contributed by atoms with Gasteiger partial charge in [-0.3, -0.25) is 9.59 Å². The molecule has 2 nitrogen and oxygen atoms in total. The molecule has 12 heavy (non-hydrogen) atoms. The van der Waals surface area contributed by atoms with Crippen molar-refractivity contribution in [2.45, 2.75) is 40.5 Å². The molecular formula is C10H16O2. The molecule has 0 heterocycles. The largest absolute Gasteiger partial charge is 0.295 e. The molecule has 0 saturated heterocycles. The Kier molecular flexibility index (Phi) is 4.49. The summed E-state index contributed by atoms with van der Waals surface area (Å²) in [5.74, 6) is 0.128. The van der Waals surface area contributed by atoms with Crippen LogP contribution in [-0.4, -0.2) is 11.6 Å². The van der Waals surface area contributed by atoms with Gasteiger partial charge in [0, 0.05) is 12.8 Å². The van der Waals surface area contributed by atoms with Gasteiger partial charge in [-0.2, -0.15) is 0 Å². The molecule has 0 aliphatic rings. The van der Waals surface area contributed by atoms with Crippen LogP contribution < -0.4 is 0 Å². The Morgan fingerprint density at radius 2 is 1.08 bits per heavy atom. The summed E-state index contributed by atoms with van der Waals surface area (Å²) >= 11 is 0.